The summed E-state index contributed by atoms with van der Waals surface area (Å²) in [5.74, 6) is 0.253. The number of rotatable bonds is 2. The van der Waals surface area contributed by atoms with E-state index < -0.39 is 0 Å². The van der Waals surface area contributed by atoms with Gasteiger partial charge in [-0.1, -0.05) is 36.4 Å². The van der Waals surface area contributed by atoms with E-state index in [0.717, 1.165) is 6.42 Å². The summed E-state index contributed by atoms with van der Waals surface area (Å²) in [7, 11) is 0. The van der Waals surface area contributed by atoms with E-state index in [1.165, 1.54) is 10.5 Å². The van der Waals surface area contributed by atoms with E-state index in [9.17, 15) is 9.59 Å². The van der Waals surface area contributed by atoms with Gasteiger partial charge in [-0.05, 0) is 30.2 Å². The lowest BCUT2D eigenvalue weighted by Crippen LogP contribution is -2.52. The zero-order valence-corrected chi connectivity index (χ0v) is 14.7. The van der Waals surface area contributed by atoms with E-state index in [-0.39, 0.29) is 17.1 Å². The molecular formula is C20H20N2O2S. The van der Waals surface area contributed by atoms with Crippen molar-refractivity contribution in [1.82, 2.24) is 9.80 Å². The fourth-order valence-corrected chi connectivity index (χ4v) is 4.70. The Morgan fingerprint density at radius 2 is 1.48 bits per heavy atom. The molecule has 0 N–H and O–H groups in total. The SMILES string of the molecule is O=C(c1ccccc1)N1CCN(C(=O)[C@H]2Cc3ccccc3S2)CC1. The molecule has 0 bridgehead atoms. The Morgan fingerprint density at radius 3 is 2.20 bits per heavy atom. The number of benzene rings is 2. The number of amides is 2. The predicted octanol–water partition coefficient (Wildman–Crippen LogP) is 2.69. The summed E-state index contributed by atoms with van der Waals surface area (Å²) in [4.78, 5) is 30.3. The maximum absolute atomic E-state index is 12.8. The third-order valence-electron chi connectivity index (χ3n) is 4.82. The van der Waals surface area contributed by atoms with Crippen LogP contribution in [-0.4, -0.2) is 53.0 Å². The fourth-order valence-electron chi connectivity index (χ4n) is 3.42. The topological polar surface area (TPSA) is 40.6 Å². The number of thioether (sulfide) groups is 1. The van der Waals surface area contributed by atoms with E-state index >= 15 is 0 Å². The summed E-state index contributed by atoms with van der Waals surface area (Å²) in [5, 5.41) is -0.0197. The van der Waals surface area contributed by atoms with Crippen molar-refractivity contribution in [2.24, 2.45) is 0 Å². The average molecular weight is 352 g/mol. The fraction of sp³-hybridized carbons (Fsp3) is 0.300. The van der Waals surface area contributed by atoms with Gasteiger partial charge in [0.15, 0.2) is 0 Å². The second-order valence-corrected chi connectivity index (χ2v) is 7.65. The molecule has 0 saturated carbocycles. The highest BCUT2D eigenvalue weighted by molar-refractivity contribution is 8.01. The molecule has 1 fully saturated rings. The summed E-state index contributed by atoms with van der Waals surface area (Å²) in [6, 6.07) is 17.6. The van der Waals surface area contributed by atoms with Crippen LogP contribution in [0.4, 0.5) is 0 Å². The predicted molar refractivity (Wildman–Crippen MR) is 98.7 cm³/mol. The molecule has 5 heteroatoms. The molecule has 2 aromatic carbocycles. The molecular weight excluding hydrogens is 332 g/mol. The second-order valence-electron chi connectivity index (χ2n) is 6.40. The van der Waals surface area contributed by atoms with Crippen LogP contribution < -0.4 is 0 Å². The monoisotopic (exact) mass is 352 g/mol. The van der Waals surface area contributed by atoms with Crippen molar-refractivity contribution < 1.29 is 9.59 Å². The normalized spacial score (nSPS) is 19.6. The zero-order chi connectivity index (χ0) is 17.2. The minimum absolute atomic E-state index is 0.0197. The van der Waals surface area contributed by atoms with Gasteiger partial charge in [-0.25, -0.2) is 0 Å². The Bertz CT molecular complexity index is 760. The van der Waals surface area contributed by atoms with Crippen LogP contribution in [0.3, 0.4) is 0 Å². The quantitative estimate of drug-likeness (QED) is 0.834. The van der Waals surface area contributed by atoms with Crippen molar-refractivity contribution in [2.45, 2.75) is 16.6 Å². The third kappa shape index (κ3) is 3.29. The smallest absolute Gasteiger partial charge is 0.253 e. The van der Waals surface area contributed by atoms with Gasteiger partial charge in [0.1, 0.15) is 0 Å². The number of piperazine rings is 1. The van der Waals surface area contributed by atoms with E-state index in [1.807, 2.05) is 52.3 Å². The standard InChI is InChI=1S/C20H20N2O2S/c23-19(15-6-2-1-3-7-15)21-10-12-22(13-11-21)20(24)18-14-16-8-4-5-9-17(16)25-18/h1-9,18H,10-14H2/t18-/m1/s1. The number of carbonyl (C=O) groups excluding carboxylic acids is 2. The van der Waals surface area contributed by atoms with Gasteiger partial charge in [-0.2, -0.15) is 0 Å². The highest BCUT2D eigenvalue weighted by atomic mass is 32.2. The van der Waals surface area contributed by atoms with Crippen molar-refractivity contribution in [3.8, 4) is 0 Å². The zero-order valence-electron chi connectivity index (χ0n) is 13.9. The van der Waals surface area contributed by atoms with Gasteiger partial charge < -0.3 is 9.80 Å². The second kappa shape index (κ2) is 6.92. The maximum atomic E-state index is 12.8. The van der Waals surface area contributed by atoms with Gasteiger partial charge in [-0.3, -0.25) is 9.59 Å². The van der Waals surface area contributed by atoms with Crippen molar-refractivity contribution in [3.63, 3.8) is 0 Å². The average Bonchev–Trinajstić information content (AvgIpc) is 3.12. The molecule has 0 spiro atoms. The molecule has 2 amide bonds. The van der Waals surface area contributed by atoms with Crippen LogP contribution >= 0.6 is 11.8 Å². The molecule has 2 heterocycles. The van der Waals surface area contributed by atoms with Crippen LogP contribution in [0.5, 0.6) is 0 Å². The maximum Gasteiger partial charge on any atom is 0.253 e. The lowest BCUT2D eigenvalue weighted by atomic mass is 10.1. The number of nitrogens with zero attached hydrogens (tertiary/aromatic N) is 2. The highest BCUT2D eigenvalue weighted by Crippen LogP contribution is 2.37. The van der Waals surface area contributed by atoms with E-state index in [2.05, 4.69) is 12.1 Å². The molecule has 0 aromatic heterocycles. The molecule has 1 saturated heterocycles. The molecule has 4 nitrogen and oxygen atoms in total. The van der Waals surface area contributed by atoms with E-state index in [4.69, 9.17) is 0 Å². The van der Waals surface area contributed by atoms with Crippen LogP contribution in [0.25, 0.3) is 0 Å². The van der Waals surface area contributed by atoms with Crippen molar-refractivity contribution in [3.05, 3.63) is 65.7 Å². The van der Waals surface area contributed by atoms with Gasteiger partial charge in [0.05, 0.1) is 5.25 Å². The lowest BCUT2D eigenvalue weighted by molar-refractivity contribution is -0.132. The van der Waals surface area contributed by atoms with Crippen molar-refractivity contribution >= 4 is 23.6 Å². The van der Waals surface area contributed by atoms with E-state index in [1.54, 1.807) is 11.8 Å². The van der Waals surface area contributed by atoms with Crippen LogP contribution in [0.15, 0.2) is 59.5 Å². The first-order valence-corrected chi connectivity index (χ1v) is 9.48. The first kappa shape index (κ1) is 16.2. The molecule has 2 aliphatic rings. The molecule has 4 rings (SSSR count). The van der Waals surface area contributed by atoms with Crippen LogP contribution in [0.2, 0.25) is 0 Å². The van der Waals surface area contributed by atoms with Gasteiger partial charge in [0.25, 0.3) is 5.91 Å². The minimum atomic E-state index is -0.0197. The van der Waals surface area contributed by atoms with E-state index in [0.29, 0.717) is 31.7 Å². The molecule has 25 heavy (non-hydrogen) atoms. The Hall–Kier alpha value is -2.27. The third-order valence-corrected chi connectivity index (χ3v) is 6.13. The van der Waals surface area contributed by atoms with Gasteiger partial charge in [0, 0.05) is 36.6 Å². The van der Waals surface area contributed by atoms with Gasteiger partial charge in [0.2, 0.25) is 5.91 Å². The number of carbonyl (C=O) groups is 2. The summed E-state index contributed by atoms with van der Waals surface area (Å²) >= 11 is 1.67. The van der Waals surface area contributed by atoms with Crippen molar-refractivity contribution in [1.29, 1.82) is 0 Å². The Balaban J connectivity index is 1.35. The molecule has 128 valence electrons. The Labute approximate surface area is 151 Å². The molecule has 0 aliphatic carbocycles. The van der Waals surface area contributed by atoms with Crippen molar-refractivity contribution in [2.75, 3.05) is 26.2 Å². The first-order chi connectivity index (χ1) is 12.2. The Morgan fingerprint density at radius 1 is 0.840 bits per heavy atom. The number of fused-ring (bicyclic) bond motifs is 1. The minimum Gasteiger partial charge on any atom is -0.338 e. The Kier molecular flexibility index (Phi) is 4.49. The molecule has 1 atom stereocenters. The van der Waals surface area contributed by atoms with Gasteiger partial charge in [-0.15, -0.1) is 11.8 Å². The number of hydrogen-bond donors (Lipinski definition) is 0. The highest BCUT2D eigenvalue weighted by Gasteiger charge is 2.33. The molecule has 2 aromatic rings. The van der Waals surface area contributed by atoms with Gasteiger partial charge >= 0.3 is 0 Å². The lowest BCUT2D eigenvalue weighted by Gasteiger charge is -2.35. The largest absolute Gasteiger partial charge is 0.338 e. The molecule has 0 radical (unpaired) electrons. The summed E-state index contributed by atoms with van der Waals surface area (Å²) in [6.45, 7) is 2.43. The molecule has 0 unspecified atom stereocenters. The summed E-state index contributed by atoms with van der Waals surface area (Å²) in [6.07, 6.45) is 0.808. The summed E-state index contributed by atoms with van der Waals surface area (Å²) in [5.41, 5.74) is 1.98. The number of hydrogen-bond acceptors (Lipinski definition) is 3. The van der Waals surface area contributed by atoms with Crippen LogP contribution in [0, 0.1) is 0 Å². The van der Waals surface area contributed by atoms with Crippen LogP contribution in [-0.2, 0) is 11.2 Å². The van der Waals surface area contributed by atoms with Crippen LogP contribution in [0.1, 0.15) is 15.9 Å². The first-order valence-electron chi connectivity index (χ1n) is 8.60. The summed E-state index contributed by atoms with van der Waals surface area (Å²) < 4.78 is 0. The molecule has 2 aliphatic heterocycles.